The first kappa shape index (κ1) is 9.23. The van der Waals surface area contributed by atoms with Crippen LogP contribution in [0.2, 0.25) is 0 Å². The Kier molecular flexibility index (Phi) is 3.55. The van der Waals surface area contributed by atoms with Crippen molar-refractivity contribution in [3.8, 4) is 0 Å². The molecule has 0 aromatic heterocycles. The summed E-state index contributed by atoms with van der Waals surface area (Å²) in [5.41, 5.74) is 0. The zero-order valence-electron chi connectivity index (χ0n) is 6.59. The van der Waals surface area contributed by atoms with E-state index >= 15 is 0 Å². The first-order valence-corrected chi connectivity index (χ1v) is 4.68. The van der Waals surface area contributed by atoms with Gasteiger partial charge in [0.2, 0.25) is 0 Å². The van der Waals surface area contributed by atoms with Crippen LogP contribution in [0.4, 0.5) is 0 Å². The minimum atomic E-state index is 0.325. The molecular weight excluding hydrogens is 206 g/mol. The Bertz CT molecular complexity index is 149. The van der Waals surface area contributed by atoms with Gasteiger partial charge in [0, 0.05) is 24.2 Å². The molecule has 1 aliphatic rings. The van der Waals surface area contributed by atoms with Gasteiger partial charge in [0.1, 0.15) is 0 Å². The molecule has 0 unspecified atom stereocenters. The van der Waals surface area contributed by atoms with Crippen molar-refractivity contribution in [3.63, 3.8) is 0 Å². The number of hydrogen-bond acceptors (Lipinski definition) is 2. The van der Waals surface area contributed by atoms with E-state index in [0.29, 0.717) is 12.5 Å². The van der Waals surface area contributed by atoms with Gasteiger partial charge in [-0.1, -0.05) is 22.5 Å². The fourth-order valence-corrected chi connectivity index (χ4v) is 1.80. The highest BCUT2D eigenvalue weighted by atomic mass is 79.9. The molecule has 1 atom stereocenters. The Morgan fingerprint density at radius 3 is 2.91 bits per heavy atom. The van der Waals surface area contributed by atoms with Crippen LogP contribution in [-0.4, -0.2) is 36.2 Å². The van der Waals surface area contributed by atoms with E-state index in [1.165, 1.54) is 0 Å². The Morgan fingerprint density at radius 2 is 2.45 bits per heavy atom. The summed E-state index contributed by atoms with van der Waals surface area (Å²) < 4.78 is 1.02. The summed E-state index contributed by atoms with van der Waals surface area (Å²) in [7, 11) is 0. The lowest BCUT2D eigenvalue weighted by Gasteiger charge is -2.13. The Morgan fingerprint density at radius 1 is 1.73 bits per heavy atom. The van der Waals surface area contributed by atoms with Gasteiger partial charge in [-0.05, 0) is 18.9 Å². The third-order valence-electron chi connectivity index (χ3n) is 2.02. The van der Waals surface area contributed by atoms with Gasteiger partial charge in [0.05, 0.1) is 0 Å². The molecule has 0 aliphatic carbocycles. The normalized spacial score (nSPS) is 25.8. The Balaban J connectivity index is 2.24. The van der Waals surface area contributed by atoms with Gasteiger partial charge < -0.3 is 5.11 Å². The summed E-state index contributed by atoms with van der Waals surface area (Å²) in [6.45, 7) is 7.13. The fourth-order valence-electron chi connectivity index (χ4n) is 1.45. The lowest BCUT2D eigenvalue weighted by Crippen LogP contribution is -2.22. The molecule has 0 bridgehead atoms. The van der Waals surface area contributed by atoms with Crippen LogP contribution < -0.4 is 0 Å². The van der Waals surface area contributed by atoms with E-state index in [0.717, 1.165) is 30.5 Å². The van der Waals surface area contributed by atoms with Gasteiger partial charge in [-0.25, -0.2) is 0 Å². The second kappa shape index (κ2) is 4.24. The van der Waals surface area contributed by atoms with Crippen molar-refractivity contribution < 1.29 is 5.11 Å². The summed E-state index contributed by atoms with van der Waals surface area (Å²) in [5.74, 6) is 0.488. The van der Waals surface area contributed by atoms with Crippen molar-refractivity contribution >= 4 is 15.9 Å². The number of halogens is 1. The Hall–Kier alpha value is 0.140. The smallest absolute Gasteiger partial charge is 0.0471 e. The number of likely N-dealkylation sites (tertiary alicyclic amines) is 1. The van der Waals surface area contributed by atoms with E-state index in [4.69, 9.17) is 5.11 Å². The predicted molar refractivity (Wildman–Crippen MR) is 49.7 cm³/mol. The maximum atomic E-state index is 8.86. The number of aliphatic hydroxyl groups excluding tert-OH is 1. The van der Waals surface area contributed by atoms with E-state index in [1.54, 1.807) is 0 Å². The van der Waals surface area contributed by atoms with Crippen LogP contribution in [-0.2, 0) is 0 Å². The SMILES string of the molecule is C=C(Br)CN1CC[C@@H](CO)C1. The summed E-state index contributed by atoms with van der Waals surface area (Å²) in [6.07, 6.45) is 1.12. The lowest BCUT2D eigenvalue weighted by molar-refractivity contribution is 0.225. The summed E-state index contributed by atoms with van der Waals surface area (Å²) in [4.78, 5) is 2.30. The van der Waals surface area contributed by atoms with Gasteiger partial charge >= 0.3 is 0 Å². The number of hydrogen-bond donors (Lipinski definition) is 1. The van der Waals surface area contributed by atoms with E-state index < -0.39 is 0 Å². The Labute approximate surface area is 76.0 Å². The lowest BCUT2D eigenvalue weighted by atomic mass is 10.1. The second-order valence-electron chi connectivity index (χ2n) is 3.09. The molecule has 0 spiro atoms. The maximum Gasteiger partial charge on any atom is 0.0471 e. The third kappa shape index (κ3) is 2.93. The largest absolute Gasteiger partial charge is 0.396 e. The minimum absolute atomic E-state index is 0.325. The molecule has 2 nitrogen and oxygen atoms in total. The molecule has 1 rings (SSSR count). The van der Waals surface area contributed by atoms with Crippen LogP contribution in [0, 0.1) is 5.92 Å². The quantitative estimate of drug-likeness (QED) is 0.772. The molecule has 0 aromatic carbocycles. The number of aliphatic hydroxyl groups is 1. The highest BCUT2D eigenvalue weighted by Crippen LogP contribution is 2.17. The van der Waals surface area contributed by atoms with Crippen molar-refractivity contribution in [1.29, 1.82) is 0 Å². The average molecular weight is 220 g/mol. The van der Waals surface area contributed by atoms with Crippen LogP contribution in [0.1, 0.15) is 6.42 Å². The molecule has 64 valence electrons. The van der Waals surface area contributed by atoms with Crippen molar-refractivity contribution in [2.75, 3.05) is 26.2 Å². The van der Waals surface area contributed by atoms with Crippen LogP contribution in [0.3, 0.4) is 0 Å². The first-order valence-electron chi connectivity index (χ1n) is 3.89. The molecule has 1 fully saturated rings. The van der Waals surface area contributed by atoms with Gasteiger partial charge in [0.25, 0.3) is 0 Å². The third-order valence-corrected chi connectivity index (χ3v) is 2.27. The van der Waals surface area contributed by atoms with Crippen LogP contribution in [0.25, 0.3) is 0 Å². The van der Waals surface area contributed by atoms with E-state index in [1.807, 2.05) is 0 Å². The first-order chi connectivity index (χ1) is 5.22. The topological polar surface area (TPSA) is 23.5 Å². The van der Waals surface area contributed by atoms with Gasteiger partial charge in [-0.3, -0.25) is 4.90 Å². The van der Waals surface area contributed by atoms with Gasteiger partial charge in [0.15, 0.2) is 0 Å². The van der Waals surface area contributed by atoms with Gasteiger partial charge in [-0.15, -0.1) is 0 Å². The van der Waals surface area contributed by atoms with Crippen molar-refractivity contribution in [2.24, 2.45) is 5.92 Å². The summed E-state index contributed by atoms with van der Waals surface area (Å²) in [6, 6.07) is 0. The van der Waals surface area contributed by atoms with Crippen LogP contribution in [0.15, 0.2) is 11.1 Å². The minimum Gasteiger partial charge on any atom is -0.396 e. The van der Waals surface area contributed by atoms with Crippen molar-refractivity contribution in [2.45, 2.75) is 6.42 Å². The second-order valence-corrected chi connectivity index (χ2v) is 4.21. The fraction of sp³-hybridized carbons (Fsp3) is 0.750. The molecule has 1 saturated heterocycles. The van der Waals surface area contributed by atoms with Crippen molar-refractivity contribution in [3.05, 3.63) is 11.1 Å². The average Bonchev–Trinajstić information content (AvgIpc) is 2.34. The molecule has 1 N–H and O–H groups in total. The molecule has 3 heteroatoms. The molecule has 1 aliphatic heterocycles. The van der Waals surface area contributed by atoms with Crippen molar-refractivity contribution in [1.82, 2.24) is 4.90 Å². The number of nitrogens with zero attached hydrogens (tertiary/aromatic N) is 1. The van der Waals surface area contributed by atoms with E-state index in [2.05, 4.69) is 27.4 Å². The molecule has 0 saturated carbocycles. The summed E-state index contributed by atoms with van der Waals surface area (Å²) in [5, 5.41) is 8.86. The molecule has 0 aromatic rings. The molecule has 11 heavy (non-hydrogen) atoms. The number of rotatable bonds is 3. The maximum absolute atomic E-state index is 8.86. The van der Waals surface area contributed by atoms with Crippen LogP contribution in [0.5, 0.6) is 0 Å². The monoisotopic (exact) mass is 219 g/mol. The molecule has 0 radical (unpaired) electrons. The summed E-state index contributed by atoms with van der Waals surface area (Å²) >= 11 is 3.33. The molecule has 0 amide bonds. The zero-order valence-corrected chi connectivity index (χ0v) is 8.18. The van der Waals surface area contributed by atoms with Crippen LogP contribution >= 0.6 is 15.9 Å². The standard InChI is InChI=1S/C8H14BrNO/c1-7(9)4-10-3-2-8(5-10)6-11/h8,11H,1-6H2/t8-/m1/s1. The molecular formula is C8H14BrNO. The highest BCUT2D eigenvalue weighted by molar-refractivity contribution is 9.11. The van der Waals surface area contributed by atoms with E-state index in [9.17, 15) is 0 Å². The predicted octanol–water partition coefficient (Wildman–Crippen LogP) is 1.21. The van der Waals surface area contributed by atoms with E-state index in [-0.39, 0.29) is 0 Å². The zero-order chi connectivity index (χ0) is 8.27. The molecule has 1 heterocycles. The van der Waals surface area contributed by atoms with Gasteiger partial charge in [-0.2, -0.15) is 0 Å². The highest BCUT2D eigenvalue weighted by Gasteiger charge is 2.21.